The van der Waals surface area contributed by atoms with E-state index in [0.29, 0.717) is 11.4 Å². The van der Waals surface area contributed by atoms with Crippen molar-refractivity contribution in [1.82, 2.24) is 9.97 Å². The highest BCUT2D eigenvalue weighted by molar-refractivity contribution is 5.79. The lowest BCUT2D eigenvalue weighted by molar-refractivity contribution is 0.213. The lowest BCUT2D eigenvalue weighted by atomic mass is 10.0. The molecule has 2 heterocycles. The third-order valence-electron chi connectivity index (χ3n) is 3.46. The molecule has 0 radical (unpaired) electrons. The molecule has 0 fully saturated rings. The largest absolute Gasteiger partial charge is 0.481 e. The Kier molecular flexibility index (Phi) is 3.54. The van der Waals surface area contributed by atoms with E-state index in [2.05, 4.69) is 9.97 Å². The zero-order valence-corrected chi connectivity index (χ0v) is 11.9. The lowest BCUT2D eigenvalue weighted by Crippen LogP contribution is -2.03. The SMILES string of the molecule is COc1ncccc1C(O)c1ccc2nc(C)ccc2c1. The number of aryl methyl sites for hydroxylation is 1. The fraction of sp³-hybridized carbons (Fsp3) is 0.176. The Morgan fingerprint density at radius 3 is 2.81 bits per heavy atom. The van der Waals surface area contributed by atoms with E-state index in [1.165, 1.54) is 0 Å². The number of hydrogen-bond acceptors (Lipinski definition) is 4. The van der Waals surface area contributed by atoms with Crippen molar-refractivity contribution < 1.29 is 9.84 Å². The van der Waals surface area contributed by atoms with Crippen LogP contribution in [0.4, 0.5) is 0 Å². The first-order valence-corrected chi connectivity index (χ1v) is 6.73. The van der Waals surface area contributed by atoms with Gasteiger partial charge in [0.05, 0.1) is 12.6 Å². The molecule has 106 valence electrons. The number of aromatic nitrogens is 2. The summed E-state index contributed by atoms with van der Waals surface area (Å²) in [7, 11) is 1.55. The molecule has 0 saturated heterocycles. The molecule has 1 atom stereocenters. The van der Waals surface area contributed by atoms with Crippen LogP contribution >= 0.6 is 0 Å². The van der Waals surface area contributed by atoms with Gasteiger partial charge in [0.15, 0.2) is 0 Å². The van der Waals surface area contributed by atoms with Gasteiger partial charge in [-0.05, 0) is 42.8 Å². The van der Waals surface area contributed by atoms with E-state index >= 15 is 0 Å². The van der Waals surface area contributed by atoms with Crippen molar-refractivity contribution in [2.45, 2.75) is 13.0 Å². The second-order valence-electron chi connectivity index (χ2n) is 4.91. The normalized spacial score (nSPS) is 12.3. The van der Waals surface area contributed by atoms with E-state index in [-0.39, 0.29) is 0 Å². The Labute approximate surface area is 123 Å². The van der Waals surface area contributed by atoms with Crippen LogP contribution in [-0.4, -0.2) is 22.2 Å². The molecular weight excluding hydrogens is 264 g/mol. The van der Waals surface area contributed by atoms with Crippen LogP contribution in [0.3, 0.4) is 0 Å². The van der Waals surface area contributed by atoms with E-state index < -0.39 is 6.10 Å². The van der Waals surface area contributed by atoms with Crippen molar-refractivity contribution in [2.24, 2.45) is 0 Å². The van der Waals surface area contributed by atoms with Gasteiger partial charge >= 0.3 is 0 Å². The first kappa shape index (κ1) is 13.5. The second kappa shape index (κ2) is 5.50. The van der Waals surface area contributed by atoms with E-state index in [4.69, 9.17) is 4.74 Å². The first-order valence-electron chi connectivity index (χ1n) is 6.73. The summed E-state index contributed by atoms with van der Waals surface area (Å²) in [6.07, 6.45) is 0.863. The minimum atomic E-state index is -0.778. The number of methoxy groups -OCH3 is 1. The number of aliphatic hydroxyl groups is 1. The summed E-state index contributed by atoms with van der Waals surface area (Å²) in [5, 5.41) is 11.6. The number of aliphatic hydroxyl groups excluding tert-OH is 1. The Morgan fingerprint density at radius 2 is 2.00 bits per heavy atom. The standard InChI is InChI=1S/C17H16N2O2/c1-11-5-6-12-10-13(7-8-15(12)19-11)16(20)14-4-3-9-18-17(14)21-2/h3-10,16,20H,1-2H3. The Hall–Kier alpha value is -2.46. The van der Waals surface area contributed by atoms with Gasteiger partial charge in [-0.2, -0.15) is 0 Å². The molecule has 0 aliphatic heterocycles. The second-order valence-corrected chi connectivity index (χ2v) is 4.91. The Bertz CT molecular complexity index is 787. The van der Waals surface area contributed by atoms with Gasteiger partial charge in [0, 0.05) is 22.8 Å². The zero-order chi connectivity index (χ0) is 14.8. The summed E-state index contributed by atoms with van der Waals surface area (Å²) in [6.45, 7) is 1.96. The topological polar surface area (TPSA) is 55.2 Å². The Balaban J connectivity index is 2.05. The molecule has 4 nitrogen and oxygen atoms in total. The molecule has 0 amide bonds. The van der Waals surface area contributed by atoms with Gasteiger partial charge in [-0.25, -0.2) is 4.98 Å². The zero-order valence-electron chi connectivity index (χ0n) is 11.9. The third kappa shape index (κ3) is 2.58. The fourth-order valence-electron chi connectivity index (χ4n) is 2.38. The molecule has 1 N–H and O–H groups in total. The predicted octanol–water partition coefficient (Wildman–Crippen LogP) is 3.03. The summed E-state index contributed by atoms with van der Waals surface area (Å²) in [6, 6.07) is 13.3. The third-order valence-corrected chi connectivity index (χ3v) is 3.46. The van der Waals surface area contributed by atoms with Crippen LogP contribution in [0.2, 0.25) is 0 Å². The molecule has 3 aromatic rings. The molecular formula is C17H16N2O2. The molecule has 1 aromatic carbocycles. The van der Waals surface area contributed by atoms with Crippen LogP contribution in [-0.2, 0) is 0 Å². The lowest BCUT2D eigenvalue weighted by Gasteiger charge is -2.14. The first-order chi connectivity index (χ1) is 10.2. The smallest absolute Gasteiger partial charge is 0.219 e. The number of pyridine rings is 2. The average Bonchev–Trinajstić information content (AvgIpc) is 2.53. The quantitative estimate of drug-likeness (QED) is 0.801. The molecule has 0 saturated carbocycles. The summed E-state index contributed by atoms with van der Waals surface area (Å²) >= 11 is 0. The summed E-state index contributed by atoms with van der Waals surface area (Å²) in [4.78, 5) is 8.59. The number of rotatable bonds is 3. The van der Waals surface area contributed by atoms with Gasteiger partial charge in [-0.15, -0.1) is 0 Å². The van der Waals surface area contributed by atoms with E-state index in [0.717, 1.165) is 22.2 Å². The van der Waals surface area contributed by atoms with E-state index in [1.54, 1.807) is 19.4 Å². The molecule has 0 aliphatic rings. The van der Waals surface area contributed by atoms with Gasteiger partial charge in [0.1, 0.15) is 6.10 Å². The molecule has 4 heteroatoms. The van der Waals surface area contributed by atoms with Crippen LogP contribution in [0.25, 0.3) is 10.9 Å². The minimum Gasteiger partial charge on any atom is -0.481 e. The average molecular weight is 280 g/mol. The number of fused-ring (bicyclic) bond motifs is 1. The van der Waals surface area contributed by atoms with Crippen molar-refractivity contribution >= 4 is 10.9 Å². The molecule has 1 unspecified atom stereocenters. The number of hydrogen-bond donors (Lipinski definition) is 1. The molecule has 0 aliphatic carbocycles. The molecule has 2 aromatic heterocycles. The van der Waals surface area contributed by atoms with Crippen molar-refractivity contribution in [3.05, 3.63) is 65.5 Å². The number of ether oxygens (including phenoxy) is 1. The maximum absolute atomic E-state index is 10.6. The van der Waals surface area contributed by atoms with Crippen molar-refractivity contribution in [2.75, 3.05) is 7.11 Å². The van der Waals surface area contributed by atoms with Gasteiger partial charge in [0.25, 0.3) is 0 Å². The van der Waals surface area contributed by atoms with Gasteiger partial charge in [0.2, 0.25) is 5.88 Å². The molecule has 3 rings (SSSR count). The molecule has 0 bridgehead atoms. The summed E-state index contributed by atoms with van der Waals surface area (Å²) < 4.78 is 5.21. The van der Waals surface area contributed by atoms with Crippen molar-refractivity contribution in [3.8, 4) is 5.88 Å². The van der Waals surface area contributed by atoms with Crippen molar-refractivity contribution in [3.63, 3.8) is 0 Å². The molecule has 21 heavy (non-hydrogen) atoms. The fourth-order valence-corrected chi connectivity index (χ4v) is 2.38. The number of benzene rings is 1. The van der Waals surface area contributed by atoms with E-state index in [1.807, 2.05) is 43.3 Å². The highest BCUT2D eigenvalue weighted by Gasteiger charge is 2.16. The molecule has 0 spiro atoms. The summed E-state index contributed by atoms with van der Waals surface area (Å²) in [5.41, 5.74) is 3.34. The van der Waals surface area contributed by atoms with Crippen LogP contribution in [0.15, 0.2) is 48.7 Å². The summed E-state index contributed by atoms with van der Waals surface area (Å²) in [5.74, 6) is 0.437. The van der Waals surface area contributed by atoms with Crippen molar-refractivity contribution in [1.29, 1.82) is 0 Å². The maximum atomic E-state index is 10.6. The van der Waals surface area contributed by atoms with Crippen LogP contribution in [0.1, 0.15) is 22.9 Å². The minimum absolute atomic E-state index is 0.437. The van der Waals surface area contributed by atoms with Crippen LogP contribution in [0.5, 0.6) is 5.88 Å². The van der Waals surface area contributed by atoms with Gasteiger partial charge in [-0.1, -0.05) is 12.1 Å². The van der Waals surface area contributed by atoms with Crippen LogP contribution in [0, 0.1) is 6.92 Å². The highest BCUT2D eigenvalue weighted by atomic mass is 16.5. The van der Waals surface area contributed by atoms with Crippen LogP contribution < -0.4 is 4.74 Å². The van der Waals surface area contributed by atoms with Gasteiger partial charge in [-0.3, -0.25) is 4.98 Å². The highest BCUT2D eigenvalue weighted by Crippen LogP contribution is 2.29. The van der Waals surface area contributed by atoms with E-state index in [9.17, 15) is 5.11 Å². The maximum Gasteiger partial charge on any atom is 0.219 e. The Morgan fingerprint density at radius 1 is 1.14 bits per heavy atom. The number of nitrogens with zero attached hydrogens (tertiary/aromatic N) is 2. The predicted molar refractivity (Wildman–Crippen MR) is 81.3 cm³/mol. The van der Waals surface area contributed by atoms with Gasteiger partial charge < -0.3 is 9.84 Å². The monoisotopic (exact) mass is 280 g/mol.